The average molecular weight is 217 g/mol. The molecule has 1 atom stereocenters. The summed E-state index contributed by atoms with van der Waals surface area (Å²) in [7, 11) is 0. The summed E-state index contributed by atoms with van der Waals surface area (Å²) in [6, 6.07) is 10.7. The van der Waals surface area contributed by atoms with Gasteiger partial charge < -0.3 is 5.32 Å². The minimum atomic E-state index is 0.467. The predicted molar refractivity (Wildman–Crippen MR) is 62.4 cm³/mol. The van der Waals surface area contributed by atoms with Crippen LogP contribution in [0, 0.1) is 0 Å². The van der Waals surface area contributed by atoms with E-state index in [4.69, 9.17) is 0 Å². The number of hydrogen-bond acceptors (Lipinski definition) is 5. The van der Waals surface area contributed by atoms with Gasteiger partial charge in [0.2, 0.25) is 0 Å². The highest BCUT2D eigenvalue weighted by Gasteiger charge is 2.28. The van der Waals surface area contributed by atoms with Gasteiger partial charge in [-0.25, -0.2) is 5.53 Å². The van der Waals surface area contributed by atoms with Gasteiger partial charge in [-0.05, 0) is 13.0 Å². The van der Waals surface area contributed by atoms with E-state index < -0.39 is 0 Å². The molecule has 2 aliphatic rings. The molecule has 84 valence electrons. The van der Waals surface area contributed by atoms with E-state index in [1.807, 2.05) is 18.2 Å². The zero-order valence-electron chi connectivity index (χ0n) is 8.98. The van der Waals surface area contributed by atoms with E-state index in [0.717, 1.165) is 30.9 Å². The van der Waals surface area contributed by atoms with Crippen LogP contribution in [-0.2, 0) is 0 Å². The topological polar surface area (TPSA) is 51.7 Å². The molecule has 0 aromatic heterocycles. The maximum absolute atomic E-state index is 4.29. The van der Waals surface area contributed by atoms with Gasteiger partial charge in [0.05, 0.1) is 6.04 Å². The molecule has 0 spiro atoms. The van der Waals surface area contributed by atoms with Crippen LogP contribution in [-0.4, -0.2) is 30.0 Å². The molecule has 1 saturated heterocycles. The van der Waals surface area contributed by atoms with Gasteiger partial charge in [-0.3, -0.25) is 5.01 Å². The Balaban J connectivity index is 1.83. The first kappa shape index (κ1) is 9.62. The van der Waals surface area contributed by atoms with E-state index in [1.54, 1.807) is 0 Å². The minimum Gasteiger partial charge on any atom is -0.315 e. The van der Waals surface area contributed by atoms with Crippen LogP contribution in [0.25, 0.3) is 0 Å². The van der Waals surface area contributed by atoms with E-state index in [9.17, 15) is 0 Å². The Kier molecular flexibility index (Phi) is 2.47. The third-order valence-corrected chi connectivity index (χ3v) is 2.99. The van der Waals surface area contributed by atoms with Gasteiger partial charge in [0.1, 0.15) is 0 Å². The standard InChI is InChI=1S/C11H15N5/c1-2-4-9(5-3-1)11-13-14-15-16(11)10-6-7-12-8-10/h1-5,10,12,14-15H,6-8H2. The number of hydrazone groups is 1. The highest BCUT2D eigenvalue weighted by molar-refractivity contribution is 5.99. The molecule has 0 bridgehead atoms. The molecule has 16 heavy (non-hydrogen) atoms. The molecule has 1 fully saturated rings. The van der Waals surface area contributed by atoms with Crippen LogP contribution in [0.1, 0.15) is 12.0 Å². The van der Waals surface area contributed by atoms with E-state index in [2.05, 4.69) is 38.6 Å². The van der Waals surface area contributed by atoms with Crippen LogP contribution in [0.15, 0.2) is 35.4 Å². The van der Waals surface area contributed by atoms with E-state index in [0.29, 0.717) is 6.04 Å². The Hall–Kier alpha value is -1.59. The number of hydrazine groups is 2. The smallest absolute Gasteiger partial charge is 0.173 e. The predicted octanol–water partition coefficient (Wildman–Crippen LogP) is 0.0349. The van der Waals surface area contributed by atoms with Gasteiger partial charge in [-0.15, -0.1) is 10.6 Å². The Labute approximate surface area is 94.5 Å². The number of amidine groups is 1. The summed E-state index contributed by atoms with van der Waals surface area (Å²) in [4.78, 5) is 0. The van der Waals surface area contributed by atoms with Crippen molar-refractivity contribution in [2.75, 3.05) is 13.1 Å². The van der Waals surface area contributed by atoms with Gasteiger partial charge >= 0.3 is 0 Å². The fourth-order valence-corrected chi connectivity index (χ4v) is 2.15. The van der Waals surface area contributed by atoms with Crippen LogP contribution in [0.5, 0.6) is 0 Å². The van der Waals surface area contributed by atoms with Crippen molar-refractivity contribution >= 4 is 5.84 Å². The first-order valence-electron chi connectivity index (χ1n) is 5.59. The molecule has 1 unspecified atom stereocenters. The Morgan fingerprint density at radius 1 is 1.25 bits per heavy atom. The molecule has 0 amide bonds. The van der Waals surface area contributed by atoms with Crippen LogP contribution in [0.3, 0.4) is 0 Å². The SMILES string of the molecule is c1ccc(C2=NNNN2C2CCNC2)cc1. The second-order valence-electron chi connectivity index (χ2n) is 4.04. The average Bonchev–Trinajstić information content (AvgIpc) is 3.01. The number of hydrogen-bond donors (Lipinski definition) is 3. The van der Waals surface area contributed by atoms with Crippen molar-refractivity contribution in [3.8, 4) is 0 Å². The molecular weight excluding hydrogens is 202 g/mol. The highest BCUT2D eigenvalue weighted by Crippen LogP contribution is 2.13. The van der Waals surface area contributed by atoms with Crippen molar-refractivity contribution in [1.29, 1.82) is 0 Å². The lowest BCUT2D eigenvalue weighted by molar-refractivity contribution is 0.233. The minimum absolute atomic E-state index is 0.467. The fraction of sp³-hybridized carbons (Fsp3) is 0.364. The molecule has 1 aromatic carbocycles. The molecule has 0 saturated carbocycles. The molecule has 3 N–H and O–H groups in total. The van der Waals surface area contributed by atoms with E-state index >= 15 is 0 Å². The quantitative estimate of drug-likeness (QED) is 0.654. The number of rotatable bonds is 2. The molecule has 2 heterocycles. The van der Waals surface area contributed by atoms with Crippen LogP contribution in [0.4, 0.5) is 0 Å². The summed E-state index contributed by atoms with van der Waals surface area (Å²) < 4.78 is 0. The van der Waals surface area contributed by atoms with Crippen molar-refractivity contribution in [3.63, 3.8) is 0 Å². The molecule has 0 aliphatic carbocycles. The summed E-state index contributed by atoms with van der Waals surface area (Å²) in [5.74, 6) is 0.967. The van der Waals surface area contributed by atoms with Crippen molar-refractivity contribution in [3.05, 3.63) is 35.9 Å². The largest absolute Gasteiger partial charge is 0.315 e. The van der Waals surface area contributed by atoms with E-state index in [-0.39, 0.29) is 0 Å². The molecule has 2 aliphatic heterocycles. The molecule has 5 nitrogen and oxygen atoms in total. The van der Waals surface area contributed by atoms with Gasteiger partial charge in [0.15, 0.2) is 5.84 Å². The third kappa shape index (κ3) is 1.64. The second kappa shape index (κ2) is 4.11. The van der Waals surface area contributed by atoms with Crippen molar-refractivity contribution in [2.24, 2.45) is 5.10 Å². The Bertz CT molecular complexity index is 383. The summed E-state index contributed by atoms with van der Waals surface area (Å²) in [5.41, 5.74) is 7.05. The lowest BCUT2D eigenvalue weighted by Crippen LogP contribution is -2.48. The second-order valence-corrected chi connectivity index (χ2v) is 4.04. The van der Waals surface area contributed by atoms with Crippen molar-refractivity contribution in [2.45, 2.75) is 12.5 Å². The zero-order chi connectivity index (χ0) is 10.8. The monoisotopic (exact) mass is 217 g/mol. The number of benzene rings is 1. The Morgan fingerprint density at radius 3 is 2.88 bits per heavy atom. The number of nitrogens with one attached hydrogen (secondary N) is 3. The van der Waals surface area contributed by atoms with Crippen molar-refractivity contribution < 1.29 is 0 Å². The molecule has 5 heteroatoms. The number of nitrogens with zero attached hydrogens (tertiary/aromatic N) is 2. The summed E-state index contributed by atoms with van der Waals surface area (Å²) in [5, 5.41) is 9.75. The molecule has 3 rings (SSSR count). The summed E-state index contributed by atoms with van der Waals surface area (Å²) in [6.45, 7) is 2.07. The third-order valence-electron chi connectivity index (χ3n) is 2.99. The normalized spacial score (nSPS) is 24.4. The summed E-state index contributed by atoms with van der Waals surface area (Å²) >= 11 is 0. The van der Waals surface area contributed by atoms with Gasteiger partial charge in [0, 0.05) is 12.1 Å². The van der Waals surface area contributed by atoms with Crippen molar-refractivity contribution in [1.82, 2.24) is 21.4 Å². The molecule has 1 aromatic rings. The van der Waals surface area contributed by atoms with Gasteiger partial charge in [0.25, 0.3) is 0 Å². The van der Waals surface area contributed by atoms with Gasteiger partial charge in [-0.2, -0.15) is 0 Å². The van der Waals surface area contributed by atoms with Crippen LogP contribution in [0.2, 0.25) is 0 Å². The zero-order valence-corrected chi connectivity index (χ0v) is 8.98. The van der Waals surface area contributed by atoms with Crippen LogP contribution >= 0.6 is 0 Å². The van der Waals surface area contributed by atoms with E-state index in [1.165, 1.54) is 0 Å². The Morgan fingerprint density at radius 2 is 2.12 bits per heavy atom. The maximum atomic E-state index is 4.29. The fourth-order valence-electron chi connectivity index (χ4n) is 2.15. The lowest BCUT2D eigenvalue weighted by atomic mass is 10.1. The van der Waals surface area contributed by atoms with Gasteiger partial charge in [-0.1, -0.05) is 30.3 Å². The first-order chi connectivity index (χ1) is 7.95. The highest BCUT2D eigenvalue weighted by atomic mass is 15.8. The molecular formula is C11H15N5. The van der Waals surface area contributed by atoms with Crippen LogP contribution < -0.4 is 16.4 Å². The summed E-state index contributed by atoms with van der Waals surface area (Å²) in [6.07, 6.45) is 1.14. The molecule has 0 radical (unpaired) electrons. The maximum Gasteiger partial charge on any atom is 0.173 e. The lowest BCUT2D eigenvalue weighted by Gasteiger charge is -2.25. The first-order valence-corrected chi connectivity index (χ1v) is 5.59.